The quantitative estimate of drug-likeness (QED) is 0.831. The molecule has 1 aromatic carbocycles. The maximum atomic E-state index is 13.8. The van der Waals surface area contributed by atoms with Gasteiger partial charge in [-0.15, -0.1) is 0 Å². The summed E-state index contributed by atoms with van der Waals surface area (Å²) in [6.07, 6.45) is 2.58. The van der Waals surface area contributed by atoms with Gasteiger partial charge >= 0.3 is 0 Å². The summed E-state index contributed by atoms with van der Waals surface area (Å²) in [4.78, 5) is 0. The molecule has 1 aromatic heterocycles. The second kappa shape index (κ2) is 6.12. The Morgan fingerprint density at radius 3 is 2.95 bits per heavy atom. The van der Waals surface area contributed by atoms with Crippen LogP contribution in [-0.4, -0.2) is 16.3 Å². The van der Waals surface area contributed by atoms with Crippen molar-refractivity contribution in [2.24, 2.45) is 7.05 Å². The summed E-state index contributed by atoms with van der Waals surface area (Å²) in [6.45, 7) is 1.15. The van der Waals surface area contributed by atoms with Gasteiger partial charge in [-0.05, 0) is 12.1 Å². The average Bonchev–Trinajstić information content (AvgIpc) is 2.82. The Morgan fingerprint density at radius 2 is 2.26 bits per heavy atom. The molecular weight excluding hydrogens is 243 g/mol. The lowest BCUT2D eigenvalue weighted by atomic mass is 10.1. The number of hydrogen-bond acceptors (Lipinski definition) is 3. The normalized spacial score (nSPS) is 10.4. The number of hydrogen-bond donors (Lipinski definition) is 1. The van der Waals surface area contributed by atoms with Gasteiger partial charge in [0.2, 0.25) is 0 Å². The Balaban J connectivity index is 1.87. The van der Waals surface area contributed by atoms with Gasteiger partial charge in [0.1, 0.15) is 11.9 Å². The molecule has 2 aromatic rings. The molecule has 0 aliphatic heterocycles. The summed E-state index contributed by atoms with van der Waals surface area (Å²) in [6, 6.07) is 8.66. The van der Waals surface area contributed by atoms with Gasteiger partial charge in [0.05, 0.1) is 5.56 Å². The predicted octanol–water partition coefficient (Wildman–Crippen LogP) is 1.76. The molecule has 0 amide bonds. The third kappa shape index (κ3) is 3.18. The van der Waals surface area contributed by atoms with E-state index in [0.717, 1.165) is 18.7 Å². The maximum absolute atomic E-state index is 13.8. The number of rotatable bonds is 5. The first-order valence-corrected chi connectivity index (χ1v) is 6.07. The first-order chi connectivity index (χ1) is 9.22. The van der Waals surface area contributed by atoms with Crippen LogP contribution < -0.4 is 5.32 Å². The van der Waals surface area contributed by atoms with Gasteiger partial charge in [-0.2, -0.15) is 10.4 Å². The molecule has 0 aliphatic rings. The molecule has 0 radical (unpaired) electrons. The first kappa shape index (κ1) is 13.2. The van der Waals surface area contributed by atoms with Crippen molar-refractivity contribution >= 4 is 0 Å². The third-order valence-electron chi connectivity index (χ3n) is 2.99. The van der Waals surface area contributed by atoms with Crippen LogP contribution >= 0.6 is 0 Å². The molecule has 0 bridgehead atoms. The predicted molar refractivity (Wildman–Crippen MR) is 69.7 cm³/mol. The van der Waals surface area contributed by atoms with Crippen molar-refractivity contribution in [2.45, 2.75) is 13.0 Å². The fourth-order valence-corrected chi connectivity index (χ4v) is 1.89. The van der Waals surface area contributed by atoms with Crippen molar-refractivity contribution in [3.63, 3.8) is 0 Å². The topological polar surface area (TPSA) is 53.6 Å². The van der Waals surface area contributed by atoms with Gasteiger partial charge in [0, 0.05) is 44.0 Å². The van der Waals surface area contributed by atoms with Crippen LogP contribution in [0.2, 0.25) is 0 Å². The van der Waals surface area contributed by atoms with Crippen molar-refractivity contribution in [2.75, 3.05) is 6.54 Å². The smallest absolute Gasteiger partial charge is 0.145 e. The Hall–Kier alpha value is -2.19. The zero-order valence-corrected chi connectivity index (χ0v) is 10.7. The van der Waals surface area contributed by atoms with E-state index >= 15 is 0 Å². The number of nitriles is 1. The van der Waals surface area contributed by atoms with Crippen LogP contribution in [0.5, 0.6) is 0 Å². The first-order valence-electron chi connectivity index (χ1n) is 6.07. The molecule has 0 atom stereocenters. The number of benzene rings is 1. The molecule has 1 N–H and O–H groups in total. The molecule has 0 aliphatic carbocycles. The van der Waals surface area contributed by atoms with Crippen molar-refractivity contribution in [1.82, 2.24) is 15.1 Å². The van der Waals surface area contributed by atoms with Crippen LogP contribution in [0.4, 0.5) is 4.39 Å². The van der Waals surface area contributed by atoms with Crippen LogP contribution in [0, 0.1) is 17.1 Å². The molecule has 2 rings (SSSR count). The van der Waals surface area contributed by atoms with Gasteiger partial charge in [0.25, 0.3) is 0 Å². The number of aromatic nitrogens is 2. The Morgan fingerprint density at radius 1 is 1.42 bits per heavy atom. The molecule has 98 valence electrons. The van der Waals surface area contributed by atoms with Gasteiger partial charge in [-0.3, -0.25) is 4.68 Å². The minimum absolute atomic E-state index is 0.0888. The standard InChI is InChI=1S/C14H15FN4/c1-19-13(6-8-18-19)5-7-17-10-12-4-2-3-11(9-16)14(12)15/h2-4,6,8,17H,5,7,10H2,1H3. The van der Waals surface area contributed by atoms with Crippen LogP contribution in [0.3, 0.4) is 0 Å². The lowest BCUT2D eigenvalue weighted by Crippen LogP contribution is -2.18. The van der Waals surface area contributed by atoms with E-state index in [0.29, 0.717) is 12.1 Å². The van der Waals surface area contributed by atoms with E-state index in [1.54, 1.807) is 18.3 Å². The van der Waals surface area contributed by atoms with Crippen LogP contribution in [-0.2, 0) is 20.0 Å². The number of nitrogens with one attached hydrogen (secondary N) is 1. The van der Waals surface area contributed by atoms with Gasteiger partial charge in [0.15, 0.2) is 0 Å². The molecule has 0 spiro atoms. The van der Waals surface area contributed by atoms with E-state index in [4.69, 9.17) is 5.26 Å². The van der Waals surface area contributed by atoms with Crippen molar-refractivity contribution in [1.29, 1.82) is 5.26 Å². The van der Waals surface area contributed by atoms with Gasteiger partial charge in [-0.25, -0.2) is 4.39 Å². The second-order valence-corrected chi connectivity index (χ2v) is 4.26. The number of aryl methyl sites for hydroxylation is 1. The zero-order chi connectivity index (χ0) is 13.7. The minimum Gasteiger partial charge on any atom is -0.312 e. The number of halogens is 1. The van der Waals surface area contributed by atoms with Crippen LogP contribution in [0.1, 0.15) is 16.8 Å². The monoisotopic (exact) mass is 258 g/mol. The van der Waals surface area contributed by atoms with E-state index in [2.05, 4.69) is 10.4 Å². The van der Waals surface area contributed by atoms with Crippen molar-refractivity contribution in [3.8, 4) is 6.07 Å². The fourth-order valence-electron chi connectivity index (χ4n) is 1.89. The summed E-state index contributed by atoms with van der Waals surface area (Å²) < 4.78 is 15.6. The Kier molecular flexibility index (Phi) is 4.26. The molecule has 0 saturated carbocycles. The second-order valence-electron chi connectivity index (χ2n) is 4.26. The summed E-state index contributed by atoms with van der Waals surface area (Å²) in [5.74, 6) is -0.432. The summed E-state index contributed by atoms with van der Waals surface area (Å²) >= 11 is 0. The van der Waals surface area contributed by atoms with Gasteiger partial charge < -0.3 is 5.32 Å². The fraction of sp³-hybridized carbons (Fsp3) is 0.286. The van der Waals surface area contributed by atoms with Crippen LogP contribution in [0.25, 0.3) is 0 Å². The Bertz CT molecular complexity index is 598. The van der Waals surface area contributed by atoms with E-state index < -0.39 is 5.82 Å². The minimum atomic E-state index is -0.432. The van der Waals surface area contributed by atoms with Crippen LogP contribution in [0.15, 0.2) is 30.5 Å². The molecule has 0 unspecified atom stereocenters. The summed E-state index contributed by atoms with van der Waals surface area (Å²) in [5.41, 5.74) is 1.73. The summed E-state index contributed by atoms with van der Waals surface area (Å²) in [5, 5.41) is 16.0. The van der Waals surface area contributed by atoms with E-state index in [1.807, 2.05) is 23.9 Å². The zero-order valence-electron chi connectivity index (χ0n) is 10.7. The third-order valence-corrected chi connectivity index (χ3v) is 2.99. The molecule has 19 heavy (non-hydrogen) atoms. The van der Waals surface area contributed by atoms with E-state index in [9.17, 15) is 4.39 Å². The van der Waals surface area contributed by atoms with Crippen molar-refractivity contribution < 1.29 is 4.39 Å². The highest BCUT2D eigenvalue weighted by atomic mass is 19.1. The molecule has 0 fully saturated rings. The molecule has 1 heterocycles. The summed E-state index contributed by atoms with van der Waals surface area (Å²) in [7, 11) is 1.89. The lowest BCUT2D eigenvalue weighted by molar-refractivity contribution is 0.581. The molecule has 4 nitrogen and oxygen atoms in total. The average molecular weight is 258 g/mol. The number of nitrogens with zero attached hydrogens (tertiary/aromatic N) is 3. The molecule has 0 saturated heterocycles. The highest BCUT2D eigenvalue weighted by Crippen LogP contribution is 2.11. The molecular formula is C14H15FN4. The van der Waals surface area contributed by atoms with E-state index in [-0.39, 0.29) is 5.56 Å². The Labute approximate surface area is 111 Å². The van der Waals surface area contributed by atoms with Gasteiger partial charge in [-0.1, -0.05) is 12.1 Å². The van der Waals surface area contributed by atoms with E-state index in [1.165, 1.54) is 6.07 Å². The largest absolute Gasteiger partial charge is 0.312 e. The maximum Gasteiger partial charge on any atom is 0.145 e. The highest BCUT2D eigenvalue weighted by Gasteiger charge is 2.06. The molecule has 5 heteroatoms. The lowest BCUT2D eigenvalue weighted by Gasteiger charge is -2.07. The SMILES string of the molecule is Cn1nccc1CCNCc1cccc(C#N)c1F. The van der Waals surface area contributed by atoms with Crippen molar-refractivity contribution in [3.05, 3.63) is 53.1 Å². The highest BCUT2D eigenvalue weighted by molar-refractivity contribution is 5.34.